The van der Waals surface area contributed by atoms with Crippen LogP contribution in [0.1, 0.15) is 69.7 Å². The van der Waals surface area contributed by atoms with Crippen molar-refractivity contribution in [3.8, 4) is 5.75 Å². The lowest BCUT2D eigenvalue weighted by Gasteiger charge is -2.24. The van der Waals surface area contributed by atoms with Gasteiger partial charge in [0.15, 0.2) is 0 Å². The third-order valence-electron chi connectivity index (χ3n) is 5.53. The van der Waals surface area contributed by atoms with Crippen molar-refractivity contribution in [3.63, 3.8) is 0 Å². The molecule has 1 aliphatic heterocycles. The molecule has 1 heterocycles. The second kappa shape index (κ2) is 12.5. The highest BCUT2D eigenvalue weighted by Crippen LogP contribution is 2.42. The van der Waals surface area contributed by atoms with E-state index in [0.29, 0.717) is 18.8 Å². The van der Waals surface area contributed by atoms with Gasteiger partial charge in [0.25, 0.3) is 0 Å². The zero-order valence-electron chi connectivity index (χ0n) is 19.1. The largest absolute Gasteiger partial charge is 0.494 e. The van der Waals surface area contributed by atoms with Crippen molar-refractivity contribution in [2.75, 3.05) is 22.6 Å². The zero-order valence-corrected chi connectivity index (χ0v) is 20.0. The molecule has 0 spiro atoms. The maximum atomic E-state index is 12.6. The van der Waals surface area contributed by atoms with Crippen molar-refractivity contribution < 1.29 is 14.3 Å². The van der Waals surface area contributed by atoms with Crippen molar-refractivity contribution >= 4 is 35.0 Å². The molecule has 1 aliphatic rings. The summed E-state index contributed by atoms with van der Waals surface area (Å²) in [5.74, 6) is 1.41. The maximum absolute atomic E-state index is 12.6. The van der Waals surface area contributed by atoms with Crippen LogP contribution in [0.3, 0.4) is 0 Å². The lowest BCUT2D eigenvalue weighted by molar-refractivity contribution is -0.116. The molecule has 0 aromatic heterocycles. The normalized spacial score (nSPS) is 15.8. The van der Waals surface area contributed by atoms with Gasteiger partial charge in [0.1, 0.15) is 11.1 Å². The van der Waals surface area contributed by atoms with Crippen LogP contribution in [0.15, 0.2) is 48.5 Å². The van der Waals surface area contributed by atoms with E-state index in [1.807, 2.05) is 60.4 Å². The summed E-state index contributed by atoms with van der Waals surface area (Å²) in [4.78, 5) is 26.6. The van der Waals surface area contributed by atoms with Gasteiger partial charge in [0.05, 0.1) is 12.4 Å². The number of nitrogens with zero attached hydrogens (tertiary/aromatic N) is 1. The smallest absolute Gasteiger partial charge is 0.238 e. The van der Waals surface area contributed by atoms with E-state index in [2.05, 4.69) is 12.2 Å². The van der Waals surface area contributed by atoms with E-state index in [4.69, 9.17) is 4.74 Å². The van der Waals surface area contributed by atoms with E-state index < -0.39 is 0 Å². The number of unbranched alkanes of at least 4 members (excludes halogenated alkanes) is 5. The molecule has 3 rings (SSSR count). The Kier molecular flexibility index (Phi) is 9.47. The van der Waals surface area contributed by atoms with Gasteiger partial charge in [-0.15, -0.1) is 11.8 Å². The number of hydrogen-bond donors (Lipinski definition) is 1. The first kappa shape index (κ1) is 24.2. The molecule has 0 radical (unpaired) electrons. The highest BCUT2D eigenvalue weighted by Gasteiger charge is 2.34. The molecule has 0 unspecified atom stereocenters. The SMILES string of the molecule is CCCCCCCCC(=O)Nc1ccc([C@H]2SCC(=O)N2c2ccc(OCC)cc2)cc1. The molecule has 0 saturated carbocycles. The molecule has 0 bridgehead atoms. The van der Waals surface area contributed by atoms with Crippen molar-refractivity contribution in [2.45, 2.75) is 64.2 Å². The maximum Gasteiger partial charge on any atom is 0.238 e. The minimum absolute atomic E-state index is 0.0645. The van der Waals surface area contributed by atoms with Crippen LogP contribution in [0.4, 0.5) is 11.4 Å². The average Bonchev–Trinajstić information content (AvgIpc) is 3.19. The molecule has 32 heavy (non-hydrogen) atoms. The zero-order chi connectivity index (χ0) is 22.8. The molecular formula is C26H34N2O3S. The van der Waals surface area contributed by atoms with E-state index in [1.165, 1.54) is 25.7 Å². The van der Waals surface area contributed by atoms with Crippen LogP contribution >= 0.6 is 11.8 Å². The van der Waals surface area contributed by atoms with Gasteiger partial charge in [-0.05, 0) is 55.3 Å². The van der Waals surface area contributed by atoms with Crippen LogP contribution in [0.5, 0.6) is 5.75 Å². The van der Waals surface area contributed by atoms with E-state index in [0.717, 1.165) is 35.5 Å². The Bertz CT molecular complexity index is 868. The molecular weight excluding hydrogens is 420 g/mol. The summed E-state index contributed by atoms with van der Waals surface area (Å²) in [5, 5.41) is 2.92. The number of benzene rings is 2. The molecule has 1 fully saturated rings. The number of anilines is 2. The second-order valence-electron chi connectivity index (χ2n) is 8.04. The number of hydrogen-bond acceptors (Lipinski definition) is 4. The molecule has 5 nitrogen and oxygen atoms in total. The fraction of sp³-hybridized carbons (Fsp3) is 0.462. The Balaban J connectivity index is 1.56. The first-order chi connectivity index (χ1) is 15.6. The Hall–Kier alpha value is -2.47. The van der Waals surface area contributed by atoms with E-state index in [1.54, 1.807) is 11.8 Å². The molecule has 0 aliphatic carbocycles. The first-order valence-corrected chi connectivity index (χ1v) is 12.7. The standard InChI is InChI=1S/C26H34N2O3S/c1-3-5-6-7-8-9-10-24(29)27-21-13-11-20(12-14-21)26-28(25(30)19-32-26)22-15-17-23(18-16-22)31-4-2/h11-18,26H,3-10,19H2,1-2H3,(H,27,29)/t26-/m1/s1. The molecule has 6 heteroatoms. The molecule has 2 aromatic carbocycles. The van der Waals surface area contributed by atoms with Gasteiger partial charge < -0.3 is 10.1 Å². The third-order valence-corrected chi connectivity index (χ3v) is 6.74. The quantitative estimate of drug-likeness (QED) is 0.369. The van der Waals surface area contributed by atoms with Gasteiger partial charge in [-0.3, -0.25) is 14.5 Å². The number of amides is 2. The average molecular weight is 455 g/mol. The van der Waals surface area contributed by atoms with E-state index >= 15 is 0 Å². The molecule has 2 amide bonds. The minimum Gasteiger partial charge on any atom is -0.494 e. The fourth-order valence-electron chi connectivity index (χ4n) is 3.84. The number of ether oxygens (including phenoxy) is 1. The van der Waals surface area contributed by atoms with Crippen LogP contribution in [-0.4, -0.2) is 24.2 Å². The molecule has 1 N–H and O–H groups in total. The van der Waals surface area contributed by atoms with Crippen LogP contribution in [0.25, 0.3) is 0 Å². The van der Waals surface area contributed by atoms with Crippen molar-refractivity contribution in [2.24, 2.45) is 0 Å². The predicted molar refractivity (Wildman–Crippen MR) is 133 cm³/mol. The second-order valence-corrected chi connectivity index (χ2v) is 9.11. The number of carbonyl (C=O) groups is 2. The van der Waals surface area contributed by atoms with Gasteiger partial charge in [-0.2, -0.15) is 0 Å². The Labute approximate surface area is 195 Å². The number of rotatable bonds is 12. The van der Waals surface area contributed by atoms with Crippen molar-refractivity contribution in [3.05, 3.63) is 54.1 Å². The van der Waals surface area contributed by atoms with Gasteiger partial charge in [0, 0.05) is 17.8 Å². The van der Waals surface area contributed by atoms with Crippen molar-refractivity contribution in [1.82, 2.24) is 0 Å². The monoisotopic (exact) mass is 454 g/mol. The number of nitrogens with one attached hydrogen (secondary N) is 1. The number of carbonyl (C=O) groups excluding carboxylic acids is 2. The summed E-state index contributed by atoms with van der Waals surface area (Å²) in [6.45, 7) is 4.77. The number of thioether (sulfide) groups is 1. The molecule has 1 saturated heterocycles. The summed E-state index contributed by atoms with van der Waals surface area (Å²) >= 11 is 1.62. The van der Waals surface area contributed by atoms with Crippen LogP contribution in [-0.2, 0) is 9.59 Å². The van der Waals surface area contributed by atoms with E-state index in [-0.39, 0.29) is 17.2 Å². The minimum atomic E-state index is -0.0756. The van der Waals surface area contributed by atoms with E-state index in [9.17, 15) is 9.59 Å². The van der Waals surface area contributed by atoms with Crippen LogP contribution < -0.4 is 15.0 Å². The summed E-state index contributed by atoms with van der Waals surface area (Å²) in [7, 11) is 0. The Morgan fingerprint density at radius 3 is 2.38 bits per heavy atom. The third kappa shape index (κ3) is 6.76. The molecule has 1 atom stereocenters. The summed E-state index contributed by atoms with van der Waals surface area (Å²) in [5.41, 5.74) is 2.71. The molecule has 172 valence electrons. The van der Waals surface area contributed by atoms with Gasteiger partial charge >= 0.3 is 0 Å². The van der Waals surface area contributed by atoms with Crippen LogP contribution in [0, 0.1) is 0 Å². The Morgan fingerprint density at radius 2 is 1.69 bits per heavy atom. The lowest BCUT2D eigenvalue weighted by atomic mass is 10.1. The summed E-state index contributed by atoms with van der Waals surface area (Å²) in [6, 6.07) is 15.5. The highest BCUT2D eigenvalue weighted by molar-refractivity contribution is 8.00. The van der Waals surface area contributed by atoms with Gasteiger partial charge in [-0.25, -0.2) is 0 Å². The fourth-order valence-corrected chi connectivity index (χ4v) is 5.02. The predicted octanol–water partition coefficient (Wildman–Crippen LogP) is 6.55. The topological polar surface area (TPSA) is 58.6 Å². The summed E-state index contributed by atoms with van der Waals surface area (Å²) < 4.78 is 5.51. The van der Waals surface area contributed by atoms with Gasteiger partial charge in [-0.1, -0.05) is 51.2 Å². The summed E-state index contributed by atoms with van der Waals surface area (Å²) in [6.07, 6.45) is 7.59. The highest BCUT2D eigenvalue weighted by atomic mass is 32.2. The first-order valence-electron chi connectivity index (χ1n) is 11.7. The lowest BCUT2D eigenvalue weighted by Crippen LogP contribution is -2.27. The van der Waals surface area contributed by atoms with Crippen LogP contribution in [0.2, 0.25) is 0 Å². The van der Waals surface area contributed by atoms with Crippen molar-refractivity contribution in [1.29, 1.82) is 0 Å². The van der Waals surface area contributed by atoms with Gasteiger partial charge in [0.2, 0.25) is 11.8 Å². The Morgan fingerprint density at radius 1 is 1.00 bits per heavy atom. The molecule has 2 aromatic rings.